The molecule has 27 heavy (non-hydrogen) atoms. The Bertz CT molecular complexity index is 990. The SMILES string of the molecule is [N-]=[N+]=C(c1ccc(-c2ccccc2)cc1)c1ccc(-c2ccccc2)cc1. The van der Waals surface area contributed by atoms with Crippen LogP contribution in [0.1, 0.15) is 11.1 Å². The Hall–Kier alpha value is -3.74. The predicted molar refractivity (Wildman–Crippen MR) is 111 cm³/mol. The summed E-state index contributed by atoms with van der Waals surface area (Å²) in [6.07, 6.45) is 0. The molecular formula is C25H18N2. The van der Waals surface area contributed by atoms with Crippen molar-refractivity contribution in [3.05, 3.63) is 126 Å². The van der Waals surface area contributed by atoms with Crippen LogP contribution >= 0.6 is 0 Å². The zero-order chi connectivity index (χ0) is 18.5. The number of hydrogen-bond acceptors (Lipinski definition) is 0. The van der Waals surface area contributed by atoms with Gasteiger partial charge in [0.05, 0.1) is 11.1 Å². The van der Waals surface area contributed by atoms with Crippen LogP contribution < -0.4 is 0 Å². The molecule has 0 unspecified atom stereocenters. The van der Waals surface area contributed by atoms with Gasteiger partial charge in [-0.2, -0.15) is 4.79 Å². The molecule has 0 aliphatic carbocycles. The Morgan fingerprint density at radius 2 is 0.778 bits per heavy atom. The largest absolute Gasteiger partial charge is 0.361 e. The van der Waals surface area contributed by atoms with Gasteiger partial charge in [0, 0.05) is 0 Å². The highest BCUT2D eigenvalue weighted by Crippen LogP contribution is 2.22. The lowest BCUT2D eigenvalue weighted by Crippen LogP contribution is -2.04. The summed E-state index contributed by atoms with van der Waals surface area (Å²) in [5, 5.41) is 0. The molecule has 0 saturated heterocycles. The van der Waals surface area contributed by atoms with Crippen molar-refractivity contribution < 1.29 is 4.79 Å². The molecule has 4 aromatic rings. The van der Waals surface area contributed by atoms with Crippen molar-refractivity contribution in [1.82, 2.24) is 0 Å². The minimum absolute atomic E-state index is 0.564. The molecular weight excluding hydrogens is 328 g/mol. The van der Waals surface area contributed by atoms with E-state index in [9.17, 15) is 5.53 Å². The highest BCUT2D eigenvalue weighted by Gasteiger charge is 2.15. The maximum atomic E-state index is 9.59. The van der Waals surface area contributed by atoms with Gasteiger partial charge in [-0.25, -0.2) is 0 Å². The number of benzene rings is 4. The summed E-state index contributed by atoms with van der Waals surface area (Å²) in [6.45, 7) is 0. The maximum absolute atomic E-state index is 9.59. The van der Waals surface area contributed by atoms with Crippen molar-refractivity contribution in [2.24, 2.45) is 0 Å². The van der Waals surface area contributed by atoms with Gasteiger partial charge in [-0.15, -0.1) is 0 Å². The molecule has 0 heterocycles. The molecule has 128 valence electrons. The lowest BCUT2D eigenvalue weighted by atomic mass is 9.97. The zero-order valence-electron chi connectivity index (χ0n) is 14.8. The fraction of sp³-hybridized carbons (Fsp3) is 0. The molecule has 2 nitrogen and oxygen atoms in total. The van der Waals surface area contributed by atoms with E-state index >= 15 is 0 Å². The van der Waals surface area contributed by atoms with E-state index in [4.69, 9.17) is 0 Å². The Kier molecular flexibility index (Phi) is 4.74. The molecule has 0 amide bonds. The van der Waals surface area contributed by atoms with Crippen LogP contribution in [0.4, 0.5) is 0 Å². The van der Waals surface area contributed by atoms with Crippen molar-refractivity contribution in [2.45, 2.75) is 0 Å². The van der Waals surface area contributed by atoms with Crippen LogP contribution in [-0.4, -0.2) is 10.5 Å². The van der Waals surface area contributed by atoms with Crippen LogP contribution in [0.15, 0.2) is 109 Å². The minimum atomic E-state index is 0.564. The highest BCUT2D eigenvalue weighted by molar-refractivity contribution is 6.09. The molecule has 0 spiro atoms. The third-order valence-corrected chi connectivity index (χ3v) is 4.63. The van der Waals surface area contributed by atoms with Crippen molar-refractivity contribution in [3.8, 4) is 22.3 Å². The summed E-state index contributed by atoms with van der Waals surface area (Å²) in [5.74, 6) is 0. The van der Waals surface area contributed by atoms with Crippen molar-refractivity contribution in [3.63, 3.8) is 0 Å². The van der Waals surface area contributed by atoms with Crippen molar-refractivity contribution in [2.75, 3.05) is 0 Å². The van der Waals surface area contributed by atoms with Gasteiger partial charge in [-0.1, -0.05) is 84.9 Å². The lowest BCUT2D eigenvalue weighted by Gasteiger charge is -2.04. The van der Waals surface area contributed by atoms with E-state index < -0.39 is 0 Å². The van der Waals surface area contributed by atoms with Gasteiger partial charge in [0.25, 0.3) is 0 Å². The second-order valence-electron chi connectivity index (χ2n) is 6.34. The van der Waals surface area contributed by atoms with Gasteiger partial charge in [-0.3, -0.25) is 0 Å². The highest BCUT2D eigenvalue weighted by atomic mass is 14.9. The molecule has 0 fully saturated rings. The molecule has 4 rings (SSSR count). The molecule has 0 aliphatic rings. The average Bonchev–Trinajstić information content (AvgIpc) is 2.76. The van der Waals surface area contributed by atoms with E-state index in [0.717, 1.165) is 22.3 Å². The van der Waals surface area contributed by atoms with E-state index in [0.29, 0.717) is 5.71 Å². The first-order valence-corrected chi connectivity index (χ1v) is 8.89. The van der Waals surface area contributed by atoms with E-state index in [1.807, 2.05) is 84.9 Å². The average molecular weight is 346 g/mol. The Labute approximate surface area is 159 Å². The molecule has 0 saturated carbocycles. The quantitative estimate of drug-likeness (QED) is 0.244. The van der Waals surface area contributed by atoms with E-state index in [-0.39, 0.29) is 0 Å². The topological polar surface area (TPSA) is 36.4 Å². The first-order chi connectivity index (χ1) is 13.3. The van der Waals surface area contributed by atoms with Gasteiger partial charge in [-0.05, 0) is 46.5 Å². The second-order valence-corrected chi connectivity index (χ2v) is 6.34. The first kappa shape index (κ1) is 16.7. The standard InChI is InChI=1S/C25H18N2/c26-27-25(23-15-11-21(12-16-23)19-7-3-1-4-8-19)24-17-13-22(14-18-24)20-9-5-2-6-10-20/h1-18H. The lowest BCUT2D eigenvalue weighted by molar-refractivity contribution is -0.00278. The predicted octanol–water partition coefficient (Wildman–Crippen LogP) is 6.09. The normalized spacial score (nSPS) is 10.2. The number of hydrogen-bond donors (Lipinski definition) is 0. The van der Waals surface area contributed by atoms with Gasteiger partial charge >= 0.3 is 5.71 Å². The summed E-state index contributed by atoms with van der Waals surface area (Å²) >= 11 is 0. The summed E-state index contributed by atoms with van der Waals surface area (Å²) in [7, 11) is 0. The van der Waals surface area contributed by atoms with Gasteiger partial charge in [0.1, 0.15) is 0 Å². The molecule has 0 N–H and O–H groups in total. The summed E-state index contributed by atoms with van der Waals surface area (Å²) in [6, 6.07) is 36.6. The fourth-order valence-electron chi connectivity index (χ4n) is 3.18. The van der Waals surface area contributed by atoms with Gasteiger partial charge < -0.3 is 5.53 Å². The van der Waals surface area contributed by atoms with E-state index in [1.165, 1.54) is 11.1 Å². The molecule has 0 bridgehead atoms. The Morgan fingerprint density at radius 3 is 1.11 bits per heavy atom. The third kappa shape index (κ3) is 3.62. The minimum Gasteiger partial charge on any atom is -0.361 e. The second kappa shape index (κ2) is 7.65. The molecule has 0 aromatic heterocycles. The van der Waals surface area contributed by atoms with Crippen LogP contribution in [-0.2, 0) is 0 Å². The number of nitrogens with zero attached hydrogens (tertiary/aromatic N) is 2. The third-order valence-electron chi connectivity index (χ3n) is 4.63. The molecule has 0 atom stereocenters. The van der Waals surface area contributed by atoms with Crippen LogP contribution in [0.3, 0.4) is 0 Å². The van der Waals surface area contributed by atoms with Crippen LogP contribution in [0, 0.1) is 0 Å². The van der Waals surface area contributed by atoms with Crippen LogP contribution in [0.2, 0.25) is 0 Å². The summed E-state index contributed by atoms with van der Waals surface area (Å²) in [4.78, 5) is 3.55. The van der Waals surface area contributed by atoms with Gasteiger partial charge in [0.2, 0.25) is 0 Å². The number of rotatable bonds is 4. The van der Waals surface area contributed by atoms with Gasteiger partial charge in [0.15, 0.2) is 0 Å². The Morgan fingerprint density at radius 1 is 0.444 bits per heavy atom. The van der Waals surface area contributed by atoms with E-state index in [2.05, 4.69) is 29.1 Å². The van der Waals surface area contributed by atoms with Crippen LogP contribution in [0.25, 0.3) is 27.8 Å². The van der Waals surface area contributed by atoms with Crippen molar-refractivity contribution in [1.29, 1.82) is 0 Å². The smallest absolute Gasteiger partial charge is 0.329 e. The zero-order valence-corrected chi connectivity index (χ0v) is 14.8. The van der Waals surface area contributed by atoms with E-state index in [1.54, 1.807) is 0 Å². The first-order valence-electron chi connectivity index (χ1n) is 8.89. The summed E-state index contributed by atoms with van der Waals surface area (Å²) < 4.78 is 0. The maximum Gasteiger partial charge on any atom is 0.329 e. The Balaban J connectivity index is 1.62. The summed E-state index contributed by atoms with van der Waals surface area (Å²) in [5.41, 5.74) is 16.5. The molecule has 0 aliphatic heterocycles. The van der Waals surface area contributed by atoms with Crippen LogP contribution in [0.5, 0.6) is 0 Å². The van der Waals surface area contributed by atoms with Crippen molar-refractivity contribution >= 4 is 5.71 Å². The molecule has 4 aromatic carbocycles. The molecule has 0 radical (unpaired) electrons. The monoisotopic (exact) mass is 346 g/mol. The molecule has 2 heteroatoms. The fourth-order valence-corrected chi connectivity index (χ4v) is 3.18.